The van der Waals surface area contributed by atoms with E-state index in [1.54, 1.807) is 0 Å². The zero-order valence-corrected chi connectivity index (χ0v) is 16.1. The fourth-order valence-electron chi connectivity index (χ4n) is 3.79. The molecule has 25 heavy (non-hydrogen) atoms. The van der Waals surface area contributed by atoms with Gasteiger partial charge in [0.25, 0.3) is 0 Å². The highest BCUT2D eigenvalue weighted by Crippen LogP contribution is 2.35. The van der Waals surface area contributed by atoms with Crippen LogP contribution in [-0.2, 0) is 14.9 Å². The van der Waals surface area contributed by atoms with E-state index >= 15 is 0 Å². The Labute approximate surface area is 161 Å². The maximum atomic E-state index is 12.3. The third-order valence-electron chi connectivity index (χ3n) is 5.47. The van der Waals surface area contributed by atoms with E-state index < -0.39 is 0 Å². The number of hydrogen-bond acceptors (Lipinski definition) is 3. The van der Waals surface area contributed by atoms with E-state index in [0.717, 1.165) is 50.6 Å². The summed E-state index contributed by atoms with van der Waals surface area (Å²) in [6.45, 7) is 4.31. The monoisotopic (exact) mass is 386 g/mol. The van der Waals surface area contributed by atoms with Gasteiger partial charge in [-0.25, -0.2) is 0 Å². The van der Waals surface area contributed by atoms with Crippen LogP contribution in [0.4, 0.5) is 0 Å². The van der Waals surface area contributed by atoms with Crippen molar-refractivity contribution in [2.75, 3.05) is 32.8 Å². The van der Waals surface area contributed by atoms with Crippen LogP contribution in [0.15, 0.2) is 24.3 Å². The standard InChI is InChI=1S/C19H27ClN2O2.ClH/c20-17-4-2-16(3-5-17)19(8-11-24-12-9-19)14-22-18(23)6-1-15-7-10-21-13-15;/h2-5,15,21H,1,6-14H2,(H,22,23);1H. The Kier molecular flexibility index (Phi) is 8.01. The van der Waals surface area contributed by atoms with Gasteiger partial charge in [0, 0.05) is 36.6 Å². The summed E-state index contributed by atoms with van der Waals surface area (Å²) < 4.78 is 5.55. The van der Waals surface area contributed by atoms with Crippen molar-refractivity contribution in [1.82, 2.24) is 10.6 Å². The number of ether oxygens (including phenoxy) is 1. The lowest BCUT2D eigenvalue weighted by Gasteiger charge is -2.38. The molecule has 4 nitrogen and oxygen atoms in total. The van der Waals surface area contributed by atoms with Crippen LogP contribution >= 0.6 is 24.0 Å². The molecule has 0 spiro atoms. The Hall–Kier alpha value is -0.810. The third kappa shape index (κ3) is 5.58. The van der Waals surface area contributed by atoms with Gasteiger partial charge in [0.1, 0.15) is 0 Å². The zero-order chi connectivity index (χ0) is 16.8. The second kappa shape index (κ2) is 9.77. The summed E-state index contributed by atoms with van der Waals surface area (Å²) in [5, 5.41) is 7.28. The van der Waals surface area contributed by atoms with Crippen LogP contribution in [0.3, 0.4) is 0 Å². The van der Waals surface area contributed by atoms with Crippen LogP contribution < -0.4 is 10.6 Å². The Morgan fingerprint density at radius 1 is 1.28 bits per heavy atom. The van der Waals surface area contributed by atoms with Gasteiger partial charge in [0.2, 0.25) is 5.91 Å². The predicted molar refractivity (Wildman–Crippen MR) is 104 cm³/mol. The average molecular weight is 387 g/mol. The fraction of sp³-hybridized carbons (Fsp3) is 0.632. The summed E-state index contributed by atoms with van der Waals surface area (Å²) in [4.78, 5) is 12.3. The van der Waals surface area contributed by atoms with E-state index in [9.17, 15) is 4.79 Å². The first-order valence-electron chi connectivity index (χ1n) is 8.99. The molecule has 2 fully saturated rings. The molecule has 1 aromatic rings. The van der Waals surface area contributed by atoms with Gasteiger partial charge in [0.05, 0.1) is 0 Å². The Morgan fingerprint density at radius 2 is 2.00 bits per heavy atom. The maximum absolute atomic E-state index is 12.3. The number of rotatable bonds is 6. The molecule has 2 heterocycles. The Balaban J connectivity index is 0.00000225. The second-order valence-corrected chi connectivity index (χ2v) is 7.51. The summed E-state index contributed by atoms with van der Waals surface area (Å²) in [5.41, 5.74) is 1.21. The molecule has 0 radical (unpaired) electrons. The molecule has 1 atom stereocenters. The Morgan fingerprint density at radius 3 is 2.64 bits per heavy atom. The van der Waals surface area contributed by atoms with E-state index in [0.29, 0.717) is 18.9 Å². The van der Waals surface area contributed by atoms with Crippen molar-refractivity contribution in [3.63, 3.8) is 0 Å². The van der Waals surface area contributed by atoms with E-state index in [1.807, 2.05) is 12.1 Å². The Bertz CT molecular complexity index is 539. The lowest BCUT2D eigenvalue weighted by atomic mass is 9.74. The molecule has 1 aromatic carbocycles. The smallest absolute Gasteiger partial charge is 0.220 e. The van der Waals surface area contributed by atoms with Crippen molar-refractivity contribution < 1.29 is 9.53 Å². The summed E-state index contributed by atoms with van der Waals surface area (Å²) >= 11 is 6.03. The molecule has 2 saturated heterocycles. The van der Waals surface area contributed by atoms with Crippen LogP contribution in [0, 0.1) is 5.92 Å². The normalized spacial score (nSPS) is 22.2. The molecule has 140 valence electrons. The highest BCUT2D eigenvalue weighted by atomic mass is 35.5. The quantitative estimate of drug-likeness (QED) is 0.788. The molecule has 2 N–H and O–H groups in total. The van der Waals surface area contributed by atoms with Crippen molar-refractivity contribution in [3.05, 3.63) is 34.9 Å². The SMILES string of the molecule is Cl.O=C(CCC1CCNC1)NCC1(c2ccc(Cl)cc2)CCOCC1. The minimum Gasteiger partial charge on any atom is -0.381 e. The molecule has 0 aliphatic carbocycles. The van der Waals surface area contributed by atoms with E-state index in [2.05, 4.69) is 22.8 Å². The van der Waals surface area contributed by atoms with E-state index in [1.165, 1.54) is 12.0 Å². The van der Waals surface area contributed by atoms with E-state index in [4.69, 9.17) is 16.3 Å². The molecule has 0 aromatic heterocycles. The van der Waals surface area contributed by atoms with Crippen LogP contribution in [0.1, 0.15) is 37.7 Å². The van der Waals surface area contributed by atoms with Crippen molar-refractivity contribution in [1.29, 1.82) is 0 Å². The number of carbonyl (C=O) groups is 1. The number of amides is 1. The van der Waals surface area contributed by atoms with Gasteiger partial charge in [-0.1, -0.05) is 23.7 Å². The van der Waals surface area contributed by atoms with Crippen molar-refractivity contribution in [3.8, 4) is 0 Å². The molecule has 2 aliphatic rings. The van der Waals surface area contributed by atoms with Crippen molar-refractivity contribution >= 4 is 29.9 Å². The number of benzene rings is 1. The maximum Gasteiger partial charge on any atom is 0.220 e. The lowest BCUT2D eigenvalue weighted by molar-refractivity contribution is -0.121. The summed E-state index contributed by atoms with van der Waals surface area (Å²) in [7, 11) is 0. The molecule has 0 saturated carbocycles. The van der Waals surface area contributed by atoms with E-state index in [-0.39, 0.29) is 23.7 Å². The first-order chi connectivity index (χ1) is 11.7. The lowest BCUT2D eigenvalue weighted by Crippen LogP contribution is -2.44. The predicted octanol–water partition coefficient (Wildman–Crippen LogP) is 3.32. The van der Waals surface area contributed by atoms with Crippen LogP contribution in [-0.4, -0.2) is 38.8 Å². The molecule has 3 rings (SSSR count). The second-order valence-electron chi connectivity index (χ2n) is 7.07. The molecule has 1 unspecified atom stereocenters. The topological polar surface area (TPSA) is 50.4 Å². The molecular formula is C19H28Cl2N2O2. The first-order valence-corrected chi connectivity index (χ1v) is 9.37. The van der Waals surface area contributed by atoms with Crippen LogP contribution in [0.5, 0.6) is 0 Å². The summed E-state index contributed by atoms with van der Waals surface area (Å²) in [6.07, 6.45) is 4.66. The minimum absolute atomic E-state index is 0. The van der Waals surface area contributed by atoms with Gasteiger partial charge in [-0.05, 0) is 62.4 Å². The van der Waals surface area contributed by atoms with Crippen LogP contribution in [0.25, 0.3) is 0 Å². The molecule has 2 aliphatic heterocycles. The van der Waals surface area contributed by atoms with Gasteiger partial charge in [-0.2, -0.15) is 0 Å². The molecular weight excluding hydrogens is 359 g/mol. The number of halogens is 2. The molecule has 1 amide bonds. The third-order valence-corrected chi connectivity index (χ3v) is 5.72. The van der Waals surface area contributed by atoms with Crippen molar-refractivity contribution in [2.45, 2.75) is 37.5 Å². The minimum atomic E-state index is -0.0343. The highest BCUT2D eigenvalue weighted by molar-refractivity contribution is 6.30. The zero-order valence-electron chi connectivity index (χ0n) is 14.6. The van der Waals surface area contributed by atoms with Gasteiger partial charge < -0.3 is 15.4 Å². The first kappa shape index (κ1) is 20.5. The fourth-order valence-corrected chi connectivity index (χ4v) is 3.91. The highest BCUT2D eigenvalue weighted by Gasteiger charge is 2.34. The largest absolute Gasteiger partial charge is 0.381 e. The average Bonchev–Trinajstić information content (AvgIpc) is 3.13. The van der Waals surface area contributed by atoms with Crippen LogP contribution in [0.2, 0.25) is 5.02 Å². The number of carbonyl (C=O) groups excluding carboxylic acids is 1. The molecule has 6 heteroatoms. The van der Waals surface area contributed by atoms with Gasteiger partial charge in [0.15, 0.2) is 0 Å². The number of hydrogen-bond donors (Lipinski definition) is 2. The van der Waals surface area contributed by atoms with Gasteiger partial charge in [-0.3, -0.25) is 4.79 Å². The molecule has 0 bridgehead atoms. The summed E-state index contributed by atoms with van der Waals surface area (Å²) in [5.74, 6) is 0.825. The summed E-state index contributed by atoms with van der Waals surface area (Å²) in [6, 6.07) is 8.04. The van der Waals surface area contributed by atoms with Gasteiger partial charge >= 0.3 is 0 Å². The van der Waals surface area contributed by atoms with Crippen molar-refractivity contribution in [2.24, 2.45) is 5.92 Å². The van der Waals surface area contributed by atoms with Gasteiger partial charge in [-0.15, -0.1) is 12.4 Å². The number of nitrogens with one attached hydrogen (secondary N) is 2.